The van der Waals surface area contributed by atoms with Gasteiger partial charge in [-0.25, -0.2) is 0 Å². The monoisotopic (exact) mass is 506 g/mol. The van der Waals surface area contributed by atoms with Crippen LogP contribution >= 0.6 is 11.8 Å². The fourth-order valence-corrected chi connectivity index (χ4v) is 9.64. The van der Waals surface area contributed by atoms with Gasteiger partial charge in [0.05, 0.1) is 35.8 Å². The van der Waals surface area contributed by atoms with Crippen LogP contribution in [0.2, 0.25) is 0 Å². The Balaban J connectivity index is 1.81. The predicted octanol–water partition coefficient (Wildman–Crippen LogP) is 3.40. The van der Waals surface area contributed by atoms with E-state index in [0.717, 1.165) is 32.1 Å². The number of fused-ring (bicyclic) bond motifs is 1. The molecule has 6 atom stereocenters. The third-order valence-corrected chi connectivity index (χ3v) is 10.9. The van der Waals surface area contributed by atoms with E-state index in [1.54, 1.807) is 29.7 Å². The number of carbonyl (C=O) groups is 3. The average Bonchev–Trinajstić information content (AvgIpc) is 3.39. The van der Waals surface area contributed by atoms with E-state index in [9.17, 15) is 19.5 Å². The molecule has 4 rings (SSSR count). The Morgan fingerprint density at radius 1 is 1.29 bits per heavy atom. The van der Waals surface area contributed by atoms with Crippen LogP contribution in [0.5, 0.6) is 0 Å². The summed E-state index contributed by atoms with van der Waals surface area (Å²) >= 11 is 1.66. The Kier molecular flexibility index (Phi) is 7.64. The number of hydrogen-bond acceptors (Lipinski definition) is 6. The van der Waals surface area contributed by atoms with Crippen molar-refractivity contribution >= 4 is 29.5 Å². The lowest BCUT2D eigenvalue weighted by Crippen LogP contribution is -2.60. The van der Waals surface area contributed by atoms with E-state index in [1.165, 1.54) is 6.42 Å². The van der Waals surface area contributed by atoms with Crippen LogP contribution < -0.4 is 0 Å². The van der Waals surface area contributed by atoms with Crippen molar-refractivity contribution < 1.29 is 24.2 Å². The first-order chi connectivity index (χ1) is 16.7. The maximum atomic E-state index is 14.5. The highest BCUT2D eigenvalue weighted by Gasteiger charge is 2.78. The predicted molar refractivity (Wildman–Crippen MR) is 137 cm³/mol. The molecule has 3 aliphatic heterocycles. The lowest BCUT2D eigenvalue weighted by atomic mass is 9.66. The lowest BCUT2D eigenvalue weighted by Gasteiger charge is -2.43. The van der Waals surface area contributed by atoms with Crippen molar-refractivity contribution in [3.05, 3.63) is 12.7 Å². The zero-order chi connectivity index (χ0) is 25.5. The number of nitrogens with zero attached hydrogens (tertiary/aromatic N) is 2. The fourth-order valence-electron chi connectivity index (χ4n) is 7.32. The van der Waals surface area contributed by atoms with Gasteiger partial charge in [0.15, 0.2) is 0 Å². The molecule has 0 aromatic rings. The summed E-state index contributed by atoms with van der Waals surface area (Å²) in [6.45, 7) is 12.2. The summed E-state index contributed by atoms with van der Waals surface area (Å²) in [5.41, 5.74) is 0. The Hall–Kier alpha value is -1.54. The van der Waals surface area contributed by atoms with E-state index in [4.69, 9.17) is 4.74 Å². The summed E-state index contributed by atoms with van der Waals surface area (Å²) < 4.78 is 4.35. The summed E-state index contributed by atoms with van der Waals surface area (Å²) in [5.74, 6) is -1.78. The lowest BCUT2D eigenvalue weighted by molar-refractivity contribution is -0.156. The van der Waals surface area contributed by atoms with Gasteiger partial charge in [-0.15, -0.1) is 18.3 Å². The molecular formula is C27H42N2O5S. The number of rotatable bonds is 9. The molecule has 3 saturated heterocycles. The molecule has 0 radical (unpaired) electrons. The van der Waals surface area contributed by atoms with Crippen molar-refractivity contribution in [3.63, 3.8) is 0 Å². The maximum absolute atomic E-state index is 14.5. The van der Waals surface area contributed by atoms with E-state index in [2.05, 4.69) is 13.5 Å². The van der Waals surface area contributed by atoms with Gasteiger partial charge in [-0.2, -0.15) is 0 Å². The molecule has 1 spiro atoms. The first-order valence-corrected chi connectivity index (χ1v) is 14.2. The third-order valence-electron chi connectivity index (χ3n) is 8.93. The van der Waals surface area contributed by atoms with Gasteiger partial charge in [-0.1, -0.05) is 39.2 Å². The van der Waals surface area contributed by atoms with Crippen molar-refractivity contribution in [1.29, 1.82) is 0 Å². The molecule has 1 saturated carbocycles. The number of ether oxygens (including phenoxy) is 1. The second-order valence-electron chi connectivity index (χ2n) is 11.3. The molecule has 7 nitrogen and oxygen atoms in total. The van der Waals surface area contributed by atoms with Crippen LogP contribution in [0.15, 0.2) is 12.7 Å². The van der Waals surface area contributed by atoms with E-state index >= 15 is 0 Å². The molecule has 196 valence electrons. The normalized spacial score (nSPS) is 35.3. The van der Waals surface area contributed by atoms with Crippen LogP contribution in [-0.4, -0.2) is 80.1 Å². The Bertz CT molecular complexity index is 859. The smallest absolute Gasteiger partial charge is 0.311 e. The van der Waals surface area contributed by atoms with Gasteiger partial charge >= 0.3 is 5.97 Å². The molecule has 8 heteroatoms. The highest BCUT2D eigenvalue weighted by atomic mass is 32.2. The number of likely N-dealkylation sites (tertiary alicyclic amines) is 1. The first kappa shape index (κ1) is 26.5. The second-order valence-corrected chi connectivity index (χ2v) is 13.2. The molecule has 2 amide bonds. The van der Waals surface area contributed by atoms with E-state index in [1.807, 2.05) is 18.7 Å². The number of amides is 2. The van der Waals surface area contributed by atoms with Crippen molar-refractivity contribution in [2.45, 2.75) is 100 Å². The summed E-state index contributed by atoms with van der Waals surface area (Å²) in [5, 5.41) is 10.4. The fraction of sp³-hybridized carbons (Fsp3) is 0.815. The van der Waals surface area contributed by atoms with E-state index in [-0.39, 0.29) is 43.0 Å². The Labute approximate surface area is 214 Å². The molecule has 0 aromatic carbocycles. The van der Waals surface area contributed by atoms with E-state index in [0.29, 0.717) is 13.0 Å². The van der Waals surface area contributed by atoms with Crippen LogP contribution in [0, 0.1) is 17.8 Å². The zero-order valence-electron chi connectivity index (χ0n) is 21.7. The summed E-state index contributed by atoms with van der Waals surface area (Å²) in [6.07, 6.45) is 8.53. The van der Waals surface area contributed by atoms with Crippen LogP contribution in [0.25, 0.3) is 0 Å². The highest BCUT2D eigenvalue weighted by molar-refractivity contribution is 8.02. The van der Waals surface area contributed by atoms with Crippen LogP contribution in [0.1, 0.15) is 72.6 Å². The highest BCUT2D eigenvalue weighted by Crippen LogP contribution is 2.72. The molecule has 35 heavy (non-hydrogen) atoms. The Morgan fingerprint density at radius 3 is 2.54 bits per heavy atom. The SMILES string of the molecule is C=CCN(C(=O)C1N([C@@H](CO)C(C)C)C(=O)[C@@H]2[C@@H](C(=O)OCC)[C@@]3(C)CCC12S3)C1CCCCC1. The summed E-state index contributed by atoms with van der Waals surface area (Å²) in [4.78, 5) is 45.6. The van der Waals surface area contributed by atoms with Crippen molar-refractivity contribution in [2.24, 2.45) is 17.8 Å². The molecule has 4 aliphatic rings. The minimum Gasteiger partial charge on any atom is -0.466 e. The van der Waals surface area contributed by atoms with Crippen molar-refractivity contribution in [3.8, 4) is 0 Å². The van der Waals surface area contributed by atoms with Crippen LogP contribution in [0.3, 0.4) is 0 Å². The first-order valence-electron chi connectivity index (χ1n) is 13.4. The van der Waals surface area contributed by atoms with Crippen LogP contribution in [0.4, 0.5) is 0 Å². The van der Waals surface area contributed by atoms with Gasteiger partial charge in [0.25, 0.3) is 0 Å². The number of hydrogen-bond donors (Lipinski definition) is 1. The largest absolute Gasteiger partial charge is 0.466 e. The summed E-state index contributed by atoms with van der Waals surface area (Å²) in [6, 6.07) is -1.05. The number of thioether (sulfide) groups is 1. The van der Waals surface area contributed by atoms with Crippen molar-refractivity contribution in [2.75, 3.05) is 19.8 Å². The quantitative estimate of drug-likeness (QED) is 0.381. The number of aliphatic hydroxyl groups excluding tert-OH is 1. The van der Waals surface area contributed by atoms with Gasteiger partial charge < -0.3 is 19.6 Å². The standard InChI is InChI=1S/C27H42N2O5S/c1-6-15-28(18-11-9-8-10-12-18)24(32)22-27-14-13-26(5,35-27)21(25(33)34-7-2)20(27)23(31)29(22)19(16-30)17(3)4/h6,17-22,30H,1,7-16H2,2-5H3/t19-,20-,21-,22?,26+,27?/m0/s1. The van der Waals surface area contributed by atoms with Gasteiger partial charge in [0, 0.05) is 17.3 Å². The van der Waals surface area contributed by atoms with E-state index < -0.39 is 33.4 Å². The molecule has 3 heterocycles. The van der Waals surface area contributed by atoms with Crippen LogP contribution in [-0.2, 0) is 19.1 Å². The topological polar surface area (TPSA) is 87.2 Å². The third kappa shape index (κ3) is 4.12. The minimum absolute atomic E-state index is 0.0316. The number of aliphatic hydroxyl groups is 1. The molecule has 2 unspecified atom stereocenters. The molecule has 1 N–H and O–H groups in total. The maximum Gasteiger partial charge on any atom is 0.311 e. The number of carbonyl (C=O) groups excluding carboxylic acids is 3. The molecule has 2 bridgehead atoms. The van der Waals surface area contributed by atoms with Gasteiger partial charge in [0.1, 0.15) is 6.04 Å². The zero-order valence-corrected chi connectivity index (χ0v) is 22.5. The van der Waals surface area contributed by atoms with Gasteiger partial charge in [-0.05, 0) is 45.4 Å². The second kappa shape index (κ2) is 10.1. The molecule has 0 aromatic heterocycles. The Morgan fingerprint density at radius 2 is 1.97 bits per heavy atom. The summed E-state index contributed by atoms with van der Waals surface area (Å²) in [7, 11) is 0. The minimum atomic E-state index is -0.701. The van der Waals surface area contributed by atoms with Gasteiger partial charge in [0.2, 0.25) is 11.8 Å². The molecule has 4 fully saturated rings. The average molecular weight is 507 g/mol. The molecule has 1 aliphatic carbocycles. The molecular weight excluding hydrogens is 464 g/mol. The van der Waals surface area contributed by atoms with Gasteiger partial charge in [-0.3, -0.25) is 14.4 Å². The number of esters is 1. The van der Waals surface area contributed by atoms with Crippen molar-refractivity contribution in [1.82, 2.24) is 9.80 Å².